The number of benzene rings is 3. The normalized spacial score (nSPS) is 27.5. The summed E-state index contributed by atoms with van der Waals surface area (Å²) in [6.45, 7) is 5.36. The Morgan fingerprint density at radius 3 is 1.74 bits per heavy atom. The van der Waals surface area contributed by atoms with Crippen LogP contribution in [0, 0.1) is 0 Å². The minimum Gasteiger partial charge on any atom is -0.369 e. The number of anilines is 1. The van der Waals surface area contributed by atoms with E-state index in [0.29, 0.717) is 0 Å². The highest BCUT2D eigenvalue weighted by Crippen LogP contribution is 2.52. The number of nitrogens with zero attached hydrogens (tertiary/aromatic N) is 2. The largest absolute Gasteiger partial charge is 0.369 e. The fourth-order valence-electron chi connectivity index (χ4n) is 6.03. The van der Waals surface area contributed by atoms with Gasteiger partial charge in [0, 0.05) is 38.4 Å². The molecule has 3 heterocycles. The van der Waals surface area contributed by atoms with E-state index in [4.69, 9.17) is 9.78 Å². The number of para-hydroxylation sites is 1. The van der Waals surface area contributed by atoms with Crippen LogP contribution in [-0.4, -0.2) is 31.1 Å². The lowest BCUT2D eigenvalue weighted by Gasteiger charge is -2.42. The maximum atomic E-state index is 6.26. The fraction of sp³-hybridized carbons (Fsp3) is 0.400. The summed E-state index contributed by atoms with van der Waals surface area (Å²) in [6.07, 6.45) is 5.16. The maximum Gasteiger partial charge on any atom is 0.129 e. The second-order valence-electron chi connectivity index (χ2n) is 10.2. The van der Waals surface area contributed by atoms with Crippen molar-refractivity contribution in [2.24, 2.45) is 0 Å². The van der Waals surface area contributed by atoms with E-state index in [-0.39, 0.29) is 11.2 Å². The lowest BCUT2D eigenvalue weighted by atomic mass is 9.82. The smallest absolute Gasteiger partial charge is 0.129 e. The van der Waals surface area contributed by atoms with Crippen molar-refractivity contribution in [3.05, 3.63) is 102 Å². The first kappa shape index (κ1) is 21.8. The van der Waals surface area contributed by atoms with E-state index in [1.54, 1.807) is 0 Å². The third kappa shape index (κ3) is 4.15. The number of piperazine rings is 1. The molecule has 0 radical (unpaired) electrons. The van der Waals surface area contributed by atoms with Gasteiger partial charge in [0.1, 0.15) is 11.2 Å². The van der Waals surface area contributed by atoms with Gasteiger partial charge in [-0.05, 0) is 60.9 Å². The Morgan fingerprint density at radius 1 is 0.588 bits per heavy atom. The summed E-state index contributed by atoms with van der Waals surface area (Å²) in [7, 11) is 0. The lowest BCUT2D eigenvalue weighted by molar-refractivity contribution is -0.444. The molecule has 3 saturated heterocycles. The van der Waals surface area contributed by atoms with Crippen molar-refractivity contribution in [2.45, 2.75) is 49.9 Å². The number of hydrogen-bond donors (Lipinski definition) is 0. The first-order valence-corrected chi connectivity index (χ1v) is 12.8. The summed E-state index contributed by atoms with van der Waals surface area (Å²) in [6, 6.07) is 30.5. The Kier molecular flexibility index (Phi) is 5.90. The van der Waals surface area contributed by atoms with Crippen LogP contribution >= 0.6 is 0 Å². The Hall–Kier alpha value is -2.66. The maximum absolute atomic E-state index is 6.26. The van der Waals surface area contributed by atoms with Crippen molar-refractivity contribution in [1.82, 2.24) is 4.90 Å². The van der Waals surface area contributed by atoms with E-state index in [1.165, 1.54) is 22.4 Å². The van der Waals surface area contributed by atoms with Crippen molar-refractivity contribution in [3.8, 4) is 0 Å². The van der Waals surface area contributed by atoms with Gasteiger partial charge >= 0.3 is 0 Å². The van der Waals surface area contributed by atoms with Crippen LogP contribution in [-0.2, 0) is 27.5 Å². The number of rotatable bonds is 5. The van der Waals surface area contributed by atoms with E-state index in [2.05, 4.69) is 94.7 Å². The SMILES string of the molecule is c1ccc(N2CCN(Cc3ccc(C45CCCC(c6ccccc6)(CC4)OO5)cc3)CC2)cc1. The summed E-state index contributed by atoms with van der Waals surface area (Å²) in [5, 5.41) is 0. The Labute approximate surface area is 203 Å². The average molecular weight is 455 g/mol. The first-order valence-electron chi connectivity index (χ1n) is 12.8. The van der Waals surface area contributed by atoms with Gasteiger partial charge in [-0.2, -0.15) is 0 Å². The van der Waals surface area contributed by atoms with Gasteiger partial charge in [0.25, 0.3) is 0 Å². The molecule has 0 N–H and O–H groups in total. The lowest BCUT2D eigenvalue weighted by Crippen LogP contribution is -2.45. The molecule has 4 fully saturated rings. The molecule has 4 heteroatoms. The quantitative estimate of drug-likeness (QED) is 0.440. The van der Waals surface area contributed by atoms with Crippen LogP contribution in [0.25, 0.3) is 0 Å². The molecule has 0 spiro atoms. The van der Waals surface area contributed by atoms with Crippen LogP contribution in [0.2, 0.25) is 0 Å². The highest BCUT2D eigenvalue weighted by molar-refractivity contribution is 5.46. The Bertz CT molecular complexity index is 1070. The minimum atomic E-state index is -0.311. The zero-order chi connectivity index (χ0) is 22.8. The predicted octanol–water partition coefficient (Wildman–Crippen LogP) is 6.03. The monoisotopic (exact) mass is 454 g/mol. The van der Waals surface area contributed by atoms with Gasteiger partial charge in [-0.3, -0.25) is 4.90 Å². The second-order valence-corrected chi connectivity index (χ2v) is 10.2. The van der Waals surface area contributed by atoms with Crippen LogP contribution in [0.3, 0.4) is 0 Å². The van der Waals surface area contributed by atoms with Crippen LogP contribution in [0.15, 0.2) is 84.9 Å². The number of hydrogen-bond acceptors (Lipinski definition) is 4. The Balaban J connectivity index is 1.09. The van der Waals surface area contributed by atoms with Crippen molar-refractivity contribution in [1.29, 1.82) is 0 Å². The second kappa shape index (κ2) is 9.18. The van der Waals surface area contributed by atoms with E-state index in [0.717, 1.165) is 64.8 Å². The summed E-state index contributed by atoms with van der Waals surface area (Å²) < 4.78 is 0. The predicted molar refractivity (Wildman–Crippen MR) is 135 cm³/mol. The van der Waals surface area contributed by atoms with Crippen molar-refractivity contribution in [3.63, 3.8) is 0 Å². The third-order valence-electron chi connectivity index (χ3n) is 8.13. The summed E-state index contributed by atoms with van der Waals surface area (Å²) in [4.78, 5) is 17.5. The van der Waals surface area contributed by atoms with Crippen LogP contribution in [0.5, 0.6) is 0 Å². The molecule has 3 aromatic carbocycles. The van der Waals surface area contributed by atoms with E-state index in [1.807, 2.05) is 0 Å². The molecule has 0 amide bonds. The molecule has 1 saturated carbocycles. The molecule has 3 aromatic rings. The van der Waals surface area contributed by atoms with Gasteiger partial charge in [0.15, 0.2) is 0 Å². The molecule has 4 aliphatic rings. The highest BCUT2D eigenvalue weighted by Gasteiger charge is 2.50. The molecule has 1 aliphatic carbocycles. The summed E-state index contributed by atoms with van der Waals surface area (Å²) >= 11 is 0. The molecule has 176 valence electrons. The minimum absolute atomic E-state index is 0.289. The molecular formula is C30H34N2O2. The van der Waals surface area contributed by atoms with Gasteiger partial charge < -0.3 is 4.90 Å². The van der Waals surface area contributed by atoms with Gasteiger partial charge in [0.2, 0.25) is 0 Å². The van der Waals surface area contributed by atoms with Crippen molar-refractivity contribution < 1.29 is 9.78 Å². The van der Waals surface area contributed by atoms with Crippen LogP contribution in [0.1, 0.15) is 48.8 Å². The molecule has 2 atom stereocenters. The zero-order valence-corrected chi connectivity index (χ0v) is 19.9. The molecule has 7 rings (SSSR count). The van der Waals surface area contributed by atoms with E-state index >= 15 is 0 Å². The summed E-state index contributed by atoms with van der Waals surface area (Å²) in [5.74, 6) is 0. The standard InChI is InChI=1S/C30H34N2O2/c1-3-8-26(9-4-1)29-16-7-17-30(19-18-29,34-33-29)27-14-12-25(13-15-27)24-31-20-22-32(23-21-31)28-10-5-2-6-11-28/h1-6,8-15H,7,16-24H2. The fourth-order valence-corrected chi connectivity index (χ4v) is 6.03. The van der Waals surface area contributed by atoms with Crippen molar-refractivity contribution in [2.75, 3.05) is 31.1 Å². The molecule has 2 bridgehead atoms. The molecule has 0 aromatic heterocycles. The summed E-state index contributed by atoms with van der Waals surface area (Å²) in [5.41, 5.74) is 4.61. The average Bonchev–Trinajstić information content (AvgIpc) is 3.23. The highest BCUT2D eigenvalue weighted by atomic mass is 17.2. The van der Waals surface area contributed by atoms with Gasteiger partial charge in [-0.15, -0.1) is 0 Å². The molecular weight excluding hydrogens is 420 g/mol. The molecule has 34 heavy (non-hydrogen) atoms. The molecule has 2 unspecified atom stereocenters. The Morgan fingerprint density at radius 2 is 1.15 bits per heavy atom. The first-order chi connectivity index (χ1) is 16.7. The van der Waals surface area contributed by atoms with E-state index in [9.17, 15) is 0 Å². The van der Waals surface area contributed by atoms with Gasteiger partial charge in [0.05, 0.1) is 0 Å². The van der Waals surface area contributed by atoms with Crippen molar-refractivity contribution >= 4 is 5.69 Å². The van der Waals surface area contributed by atoms with Crippen LogP contribution < -0.4 is 4.90 Å². The zero-order valence-electron chi connectivity index (χ0n) is 19.9. The molecule has 4 nitrogen and oxygen atoms in total. The van der Waals surface area contributed by atoms with Crippen LogP contribution in [0.4, 0.5) is 5.69 Å². The molecule has 3 aliphatic heterocycles. The van der Waals surface area contributed by atoms with Gasteiger partial charge in [-0.25, -0.2) is 9.78 Å². The number of fused-ring (bicyclic) bond motifs is 4. The van der Waals surface area contributed by atoms with Gasteiger partial charge in [-0.1, -0.05) is 72.8 Å². The topological polar surface area (TPSA) is 24.9 Å². The third-order valence-corrected chi connectivity index (χ3v) is 8.13. The van der Waals surface area contributed by atoms with E-state index < -0.39 is 0 Å².